The fourth-order valence-electron chi connectivity index (χ4n) is 3.48. The number of phenols is 1. The second kappa shape index (κ2) is 7.94. The molecule has 0 saturated heterocycles. The summed E-state index contributed by atoms with van der Waals surface area (Å²) in [5.74, 6) is 0.783. The smallest absolute Gasteiger partial charge is 0.274 e. The molecule has 1 aliphatic heterocycles. The maximum absolute atomic E-state index is 13.5. The average molecular weight is 411 g/mol. The van der Waals surface area contributed by atoms with E-state index in [1.54, 1.807) is 30.3 Å². The number of halogens is 1. The molecular formula is C21H22FN5O3. The molecule has 0 radical (unpaired) electrons. The van der Waals surface area contributed by atoms with E-state index < -0.39 is 0 Å². The number of hydrogen-bond donors (Lipinski definition) is 3. The molecule has 0 amide bonds. The van der Waals surface area contributed by atoms with Crippen LogP contribution in [0.5, 0.6) is 11.5 Å². The van der Waals surface area contributed by atoms with Crippen molar-refractivity contribution in [3.8, 4) is 11.5 Å². The first-order valence-corrected chi connectivity index (χ1v) is 9.43. The van der Waals surface area contributed by atoms with E-state index in [1.165, 1.54) is 36.1 Å². The molecule has 9 heteroatoms. The Morgan fingerprint density at radius 1 is 1.33 bits per heavy atom. The van der Waals surface area contributed by atoms with Gasteiger partial charge in [0.2, 0.25) is 5.95 Å². The van der Waals surface area contributed by atoms with Gasteiger partial charge < -0.3 is 20.5 Å². The highest BCUT2D eigenvalue weighted by Gasteiger charge is 2.30. The highest BCUT2D eigenvalue weighted by molar-refractivity contribution is 5.59. The molecular weight excluding hydrogens is 389 g/mol. The molecule has 1 aromatic carbocycles. The molecule has 2 aromatic rings. The third-order valence-corrected chi connectivity index (χ3v) is 4.96. The lowest BCUT2D eigenvalue weighted by Gasteiger charge is -2.22. The molecule has 1 unspecified atom stereocenters. The molecule has 3 N–H and O–H groups in total. The van der Waals surface area contributed by atoms with Crippen LogP contribution in [-0.2, 0) is 6.54 Å². The number of hydrogen-bond acceptors (Lipinski definition) is 7. The zero-order valence-electron chi connectivity index (χ0n) is 16.6. The number of methoxy groups -OCH3 is 1. The van der Waals surface area contributed by atoms with Crippen molar-refractivity contribution in [2.45, 2.75) is 19.1 Å². The van der Waals surface area contributed by atoms with Crippen molar-refractivity contribution >= 4 is 11.6 Å². The fourth-order valence-corrected chi connectivity index (χ4v) is 3.48. The number of fused-ring (bicyclic) bond motifs is 1. The van der Waals surface area contributed by atoms with Crippen LogP contribution in [0.4, 0.5) is 16.0 Å². The standard InChI is InChI=1S/C21H22FN5O3/c1-26-20(13-4-3-5-14(22)7-6-13)25-21-24-15(10-19(29)27(21)26)12-23-17-11-16(28)8-9-18(17)30-2/h4-11,20,23,28H,3,12H2,1-2H3,(H,24,25). The SMILES string of the molecule is COc1ccc(O)cc1NCc1cc(=O)n2c(n1)NC(C1=CCC=C(F)C=C1)N2C. The number of allylic oxidation sites excluding steroid dienone is 4. The van der Waals surface area contributed by atoms with Crippen LogP contribution < -0.4 is 25.9 Å². The zero-order chi connectivity index (χ0) is 21.3. The second-order valence-corrected chi connectivity index (χ2v) is 6.94. The summed E-state index contributed by atoms with van der Waals surface area (Å²) in [5.41, 5.74) is 1.72. The van der Waals surface area contributed by atoms with Gasteiger partial charge in [0.05, 0.1) is 25.0 Å². The van der Waals surface area contributed by atoms with Gasteiger partial charge in [0.15, 0.2) is 0 Å². The van der Waals surface area contributed by atoms with E-state index in [9.17, 15) is 14.3 Å². The van der Waals surface area contributed by atoms with Crippen molar-refractivity contribution in [1.82, 2.24) is 9.66 Å². The summed E-state index contributed by atoms with van der Waals surface area (Å²) in [4.78, 5) is 17.3. The fraction of sp³-hybridized carbons (Fsp3) is 0.238. The van der Waals surface area contributed by atoms with Crippen molar-refractivity contribution in [3.63, 3.8) is 0 Å². The second-order valence-electron chi connectivity index (χ2n) is 6.94. The lowest BCUT2D eigenvalue weighted by atomic mass is 10.1. The summed E-state index contributed by atoms with van der Waals surface area (Å²) in [6, 6.07) is 6.17. The number of likely N-dealkylation sites (N-methyl/N-ethyl adjacent to an activating group) is 1. The number of phenolic OH excluding ortho intramolecular Hbond substituents is 1. The summed E-state index contributed by atoms with van der Waals surface area (Å²) in [7, 11) is 3.31. The predicted molar refractivity (Wildman–Crippen MR) is 113 cm³/mol. The zero-order valence-corrected chi connectivity index (χ0v) is 16.6. The number of ether oxygens (including phenoxy) is 1. The van der Waals surface area contributed by atoms with Crippen molar-refractivity contribution < 1.29 is 14.2 Å². The minimum absolute atomic E-state index is 0.0991. The average Bonchev–Trinajstić information content (AvgIpc) is 2.90. The van der Waals surface area contributed by atoms with Gasteiger partial charge in [0.1, 0.15) is 23.5 Å². The van der Waals surface area contributed by atoms with E-state index in [-0.39, 0.29) is 29.8 Å². The van der Waals surface area contributed by atoms with Crippen LogP contribution in [0.1, 0.15) is 12.1 Å². The van der Waals surface area contributed by atoms with Crippen LogP contribution in [0.2, 0.25) is 0 Å². The Labute approximate surface area is 172 Å². The topological polar surface area (TPSA) is 91.6 Å². The molecule has 1 aromatic heterocycles. The summed E-state index contributed by atoms with van der Waals surface area (Å²) in [6.07, 6.45) is 6.64. The summed E-state index contributed by atoms with van der Waals surface area (Å²) >= 11 is 0. The number of aromatic nitrogens is 2. The Hall–Kier alpha value is -3.75. The molecule has 4 rings (SSSR count). The van der Waals surface area contributed by atoms with Crippen LogP contribution >= 0.6 is 0 Å². The van der Waals surface area contributed by atoms with E-state index in [1.807, 2.05) is 6.08 Å². The van der Waals surface area contributed by atoms with Crippen LogP contribution in [0.3, 0.4) is 0 Å². The Morgan fingerprint density at radius 3 is 2.97 bits per heavy atom. The van der Waals surface area contributed by atoms with Crippen molar-refractivity contribution in [1.29, 1.82) is 0 Å². The first-order chi connectivity index (χ1) is 14.5. The Balaban J connectivity index is 1.55. The van der Waals surface area contributed by atoms with Gasteiger partial charge in [0.25, 0.3) is 5.56 Å². The van der Waals surface area contributed by atoms with Crippen molar-refractivity contribution in [2.24, 2.45) is 0 Å². The van der Waals surface area contributed by atoms with Crippen LogP contribution in [0, 0.1) is 0 Å². The van der Waals surface area contributed by atoms with Gasteiger partial charge in [-0.05, 0) is 36.3 Å². The van der Waals surface area contributed by atoms with E-state index >= 15 is 0 Å². The molecule has 0 saturated carbocycles. The molecule has 2 aliphatic rings. The molecule has 2 heterocycles. The summed E-state index contributed by atoms with van der Waals surface area (Å²) in [5, 5.41) is 17.8. The van der Waals surface area contributed by atoms with Gasteiger partial charge in [-0.2, -0.15) is 4.68 Å². The van der Waals surface area contributed by atoms with Gasteiger partial charge >= 0.3 is 0 Å². The molecule has 30 heavy (non-hydrogen) atoms. The maximum Gasteiger partial charge on any atom is 0.274 e. The van der Waals surface area contributed by atoms with Gasteiger partial charge in [0, 0.05) is 19.2 Å². The summed E-state index contributed by atoms with van der Waals surface area (Å²) in [6.45, 7) is 0.261. The maximum atomic E-state index is 13.5. The van der Waals surface area contributed by atoms with E-state index in [0.29, 0.717) is 29.5 Å². The number of nitrogens with one attached hydrogen (secondary N) is 2. The number of nitrogens with zero attached hydrogens (tertiary/aromatic N) is 3. The monoisotopic (exact) mass is 411 g/mol. The number of benzene rings is 1. The first kappa shape index (κ1) is 19.6. The summed E-state index contributed by atoms with van der Waals surface area (Å²) < 4.78 is 20.2. The minimum Gasteiger partial charge on any atom is -0.508 e. The Bertz CT molecular complexity index is 1120. The molecule has 1 aliphatic carbocycles. The molecule has 0 bridgehead atoms. The molecule has 1 atom stereocenters. The predicted octanol–water partition coefficient (Wildman–Crippen LogP) is 2.63. The molecule has 0 fully saturated rings. The lowest BCUT2D eigenvalue weighted by Crippen LogP contribution is -2.42. The third kappa shape index (κ3) is 3.73. The highest BCUT2D eigenvalue weighted by atomic mass is 19.1. The molecule has 156 valence electrons. The quantitative estimate of drug-likeness (QED) is 0.697. The van der Waals surface area contributed by atoms with Gasteiger partial charge in [-0.25, -0.2) is 9.37 Å². The van der Waals surface area contributed by atoms with Crippen molar-refractivity contribution in [3.05, 3.63) is 76.0 Å². The number of rotatable bonds is 5. The van der Waals surface area contributed by atoms with Crippen LogP contribution in [-0.4, -0.2) is 35.1 Å². The van der Waals surface area contributed by atoms with E-state index in [4.69, 9.17) is 4.74 Å². The molecule has 8 nitrogen and oxygen atoms in total. The van der Waals surface area contributed by atoms with Gasteiger partial charge in [-0.15, -0.1) is 0 Å². The normalized spacial score (nSPS) is 17.6. The molecule has 0 spiro atoms. The number of aromatic hydroxyl groups is 1. The Morgan fingerprint density at radius 2 is 2.17 bits per heavy atom. The van der Waals surface area contributed by atoms with Crippen LogP contribution in [0.25, 0.3) is 0 Å². The van der Waals surface area contributed by atoms with E-state index in [2.05, 4.69) is 15.6 Å². The lowest BCUT2D eigenvalue weighted by molar-refractivity contribution is 0.414. The van der Waals surface area contributed by atoms with Gasteiger partial charge in [-0.3, -0.25) is 9.80 Å². The Kier molecular flexibility index (Phi) is 5.18. The third-order valence-electron chi connectivity index (χ3n) is 4.96. The van der Waals surface area contributed by atoms with E-state index in [0.717, 1.165) is 5.57 Å². The van der Waals surface area contributed by atoms with Crippen LogP contribution in [0.15, 0.2) is 64.8 Å². The van der Waals surface area contributed by atoms with Gasteiger partial charge in [-0.1, -0.05) is 12.2 Å². The minimum atomic E-state index is -0.338. The first-order valence-electron chi connectivity index (χ1n) is 9.43. The van der Waals surface area contributed by atoms with Crippen molar-refractivity contribution in [2.75, 3.05) is 29.8 Å². The number of anilines is 2. The largest absolute Gasteiger partial charge is 0.508 e. The highest BCUT2D eigenvalue weighted by Crippen LogP contribution is 2.29.